The second-order valence-electron chi connectivity index (χ2n) is 4.64. The van der Waals surface area contributed by atoms with Crippen molar-refractivity contribution in [3.8, 4) is 28.4 Å². The molecule has 5 heteroatoms. The molecule has 2 N–H and O–H groups in total. The van der Waals surface area contributed by atoms with Gasteiger partial charge in [0.1, 0.15) is 19.0 Å². The average Bonchev–Trinajstić information content (AvgIpc) is 2.53. The molecule has 1 aliphatic heterocycles. The second-order valence-corrected chi connectivity index (χ2v) is 4.64. The molecule has 0 unspecified atom stereocenters. The third kappa shape index (κ3) is 2.50. The van der Waals surface area contributed by atoms with Gasteiger partial charge in [0.05, 0.1) is 12.7 Å². The number of carbonyl (C=O) groups is 1. The molecular formula is C16H15NO4. The highest BCUT2D eigenvalue weighted by molar-refractivity contribution is 5.98. The SMILES string of the molecule is COc1ccc(-c2cc3c(c(C(N)=O)c2)OCCO3)cc1. The van der Waals surface area contributed by atoms with Gasteiger partial charge in [0.15, 0.2) is 11.5 Å². The standard InChI is InChI=1S/C16H15NO4/c1-19-12-4-2-10(3-5-12)11-8-13(16(17)18)15-14(9-11)20-6-7-21-15/h2-5,8-9H,6-7H2,1H3,(H2,17,18). The van der Waals surface area contributed by atoms with Crippen LogP contribution in [0.1, 0.15) is 10.4 Å². The molecule has 2 aromatic rings. The highest BCUT2D eigenvalue weighted by atomic mass is 16.6. The maximum atomic E-state index is 11.6. The monoisotopic (exact) mass is 285 g/mol. The molecular weight excluding hydrogens is 270 g/mol. The van der Waals surface area contributed by atoms with Gasteiger partial charge in [-0.3, -0.25) is 4.79 Å². The fourth-order valence-corrected chi connectivity index (χ4v) is 2.29. The van der Waals surface area contributed by atoms with E-state index in [1.165, 1.54) is 0 Å². The lowest BCUT2D eigenvalue weighted by Gasteiger charge is -2.21. The number of methoxy groups -OCH3 is 1. The summed E-state index contributed by atoms with van der Waals surface area (Å²) in [5, 5.41) is 0. The summed E-state index contributed by atoms with van der Waals surface area (Å²) in [4.78, 5) is 11.6. The molecule has 1 heterocycles. The Morgan fingerprint density at radius 1 is 1.10 bits per heavy atom. The Morgan fingerprint density at radius 3 is 2.48 bits per heavy atom. The molecule has 0 fully saturated rings. The van der Waals surface area contributed by atoms with Crippen LogP contribution in [0.2, 0.25) is 0 Å². The van der Waals surface area contributed by atoms with E-state index in [2.05, 4.69) is 0 Å². The Kier molecular flexibility index (Phi) is 3.39. The van der Waals surface area contributed by atoms with Crippen LogP contribution in [0, 0.1) is 0 Å². The minimum absolute atomic E-state index is 0.331. The van der Waals surface area contributed by atoms with Gasteiger partial charge in [0.25, 0.3) is 5.91 Å². The lowest BCUT2D eigenvalue weighted by molar-refractivity contribution is 0.0989. The average molecular weight is 285 g/mol. The number of primary amides is 1. The van der Waals surface area contributed by atoms with Crippen LogP contribution < -0.4 is 19.9 Å². The van der Waals surface area contributed by atoms with Crippen LogP contribution in [-0.4, -0.2) is 26.2 Å². The van der Waals surface area contributed by atoms with Crippen LogP contribution >= 0.6 is 0 Å². The largest absolute Gasteiger partial charge is 0.497 e. The number of ether oxygens (including phenoxy) is 3. The van der Waals surface area contributed by atoms with Crippen LogP contribution in [0.3, 0.4) is 0 Å². The van der Waals surface area contributed by atoms with Gasteiger partial charge in [-0.2, -0.15) is 0 Å². The number of benzene rings is 2. The first-order valence-electron chi connectivity index (χ1n) is 6.57. The second kappa shape index (κ2) is 5.36. The van der Waals surface area contributed by atoms with E-state index in [1.54, 1.807) is 13.2 Å². The van der Waals surface area contributed by atoms with Gasteiger partial charge < -0.3 is 19.9 Å². The van der Waals surface area contributed by atoms with E-state index in [1.807, 2.05) is 30.3 Å². The zero-order valence-electron chi connectivity index (χ0n) is 11.6. The van der Waals surface area contributed by atoms with Crippen molar-refractivity contribution < 1.29 is 19.0 Å². The van der Waals surface area contributed by atoms with Crippen LogP contribution in [-0.2, 0) is 0 Å². The van der Waals surface area contributed by atoms with Crippen LogP contribution in [0.5, 0.6) is 17.2 Å². The van der Waals surface area contributed by atoms with Gasteiger partial charge in [0.2, 0.25) is 0 Å². The van der Waals surface area contributed by atoms with Crippen molar-refractivity contribution >= 4 is 5.91 Å². The molecule has 0 saturated carbocycles. The summed E-state index contributed by atoms with van der Waals surface area (Å²) < 4.78 is 16.2. The van der Waals surface area contributed by atoms with Crippen molar-refractivity contribution in [2.45, 2.75) is 0 Å². The summed E-state index contributed by atoms with van der Waals surface area (Å²) in [5.41, 5.74) is 7.55. The fraction of sp³-hybridized carbons (Fsp3) is 0.188. The highest BCUT2D eigenvalue weighted by Crippen LogP contribution is 2.38. The predicted octanol–water partition coefficient (Wildman–Crippen LogP) is 2.23. The molecule has 0 aliphatic carbocycles. The molecule has 0 saturated heterocycles. The van der Waals surface area contributed by atoms with E-state index >= 15 is 0 Å². The number of carbonyl (C=O) groups excluding carboxylic acids is 1. The van der Waals surface area contributed by atoms with Crippen molar-refractivity contribution in [3.05, 3.63) is 42.0 Å². The molecule has 1 amide bonds. The summed E-state index contributed by atoms with van der Waals surface area (Å²) >= 11 is 0. The first-order chi connectivity index (χ1) is 10.2. The van der Waals surface area contributed by atoms with Crippen LogP contribution in [0.25, 0.3) is 11.1 Å². The Balaban J connectivity index is 2.09. The van der Waals surface area contributed by atoms with E-state index < -0.39 is 5.91 Å². The lowest BCUT2D eigenvalue weighted by Crippen LogP contribution is -2.20. The van der Waals surface area contributed by atoms with Gasteiger partial charge in [0, 0.05) is 0 Å². The topological polar surface area (TPSA) is 70.8 Å². The summed E-state index contributed by atoms with van der Waals surface area (Å²) in [6.45, 7) is 0.867. The molecule has 0 aromatic heterocycles. The van der Waals surface area contributed by atoms with Gasteiger partial charge >= 0.3 is 0 Å². The van der Waals surface area contributed by atoms with E-state index in [0.29, 0.717) is 30.3 Å². The molecule has 1 aliphatic rings. The number of rotatable bonds is 3. The molecule has 3 rings (SSSR count). The predicted molar refractivity (Wildman–Crippen MR) is 77.9 cm³/mol. The molecule has 0 atom stereocenters. The van der Waals surface area contributed by atoms with Crippen molar-refractivity contribution in [2.75, 3.05) is 20.3 Å². The highest BCUT2D eigenvalue weighted by Gasteiger charge is 2.21. The number of hydrogen-bond acceptors (Lipinski definition) is 4. The van der Waals surface area contributed by atoms with Crippen molar-refractivity contribution in [3.63, 3.8) is 0 Å². The fourth-order valence-electron chi connectivity index (χ4n) is 2.29. The first kappa shape index (κ1) is 13.3. The summed E-state index contributed by atoms with van der Waals surface area (Å²) in [6, 6.07) is 11.1. The van der Waals surface area contributed by atoms with Crippen LogP contribution in [0.4, 0.5) is 0 Å². The molecule has 0 bridgehead atoms. The number of hydrogen-bond donors (Lipinski definition) is 1. The normalized spacial score (nSPS) is 12.8. The third-order valence-electron chi connectivity index (χ3n) is 3.33. The van der Waals surface area contributed by atoms with E-state index in [0.717, 1.165) is 16.9 Å². The quantitative estimate of drug-likeness (QED) is 0.938. The minimum Gasteiger partial charge on any atom is -0.497 e. The zero-order valence-corrected chi connectivity index (χ0v) is 11.6. The maximum Gasteiger partial charge on any atom is 0.252 e. The molecule has 0 radical (unpaired) electrons. The Bertz CT molecular complexity index is 679. The van der Waals surface area contributed by atoms with E-state index in [4.69, 9.17) is 19.9 Å². The number of nitrogens with two attached hydrogens (primary N) is 1. The van der Waals surface area contributed by atoms with Gasteiger partial charge in [-0.1, -0.05) is 12.1 Å². The third-order valence-corrected chi connectivity index (χ3v) is 3.33. The van der Waals surface area contributed by atoms with E-state index in [9.17, 15) is 4.79 Å². The smallest absolute Gasteiger partial charge is 0.252 e. The van der Waals surface area contributed by atoms with Gasteiger partial charge in [-0.15, -0.1) is 0 Å². The zero-order chi connectivity index (χ0) is 14.8. The van der Waals surface area contributed by atoms with Gasteiger partial charge in [-0.25, -0.2) is 0 Å². The molecule has 21 heavy (non-hydrogen) atoms. The maximum absolute atomic E-state index is 11.6. The van der Waals surface area contributed by atoms with Crippen LogP contribution in [0.15, 0.2) is 36.4 Å². The Hall–Kier alpha value is -2.69. The van der Waals surface area contributed by atoms with Crippen molar-refractivity contribution in [1.82, 2.24) is 0 Å². The van der Waals surface area contributed by atoms with Gasteiger partial charge in [-0.05, 0) is 35.4 Å². The summed E-state index contributed by atoms with van der Waals surface area (Å²) in [6.07, 6.45) is 0. The van der Waals surface area contributed by atoms with Crippen molar-refractivity contribution in [2.24, 2.45) is 5.73 Å². The van der Waals surface area contributed by atoms with Crippen molar-refractivity contribution in [1.29, 1.82) is 0 Å². The number of fused-ring (bicyclic) bond motifs is 1. The molecule has 2 aromatic carbocycles. The molecule has 0 spiro atoms. The minimum atomic E-state index is -0.535. The molecule has 5 nitrogen and oxygen atoms in total. The number of amides is 1. The Labute approximate surface area is 122 Å². The molecule has 108 valence electrons. The lowest BCUT2D eigenvalue weighted by atomic mass is 10.0. The summed E-state index contributed by atoms with van der Waals surface area (Å²) in [5.74, 6) is 1.20. The Morgan fingerprint density at radius 2 is 1.81 bits per heavy atom. The first-order valence-corrected chi connectivity index (χ1v) is 6.57. The summed E-state index contributed by atoms with van der Waals surface area (Å²) in [7, 11) is 1.62. The van der Waals surface area contributed by atoms with E-state index in [-0.39, 0.29) is 0 Å².